The van der Waals surface area contributed by atoms with Gasteiger partial charge < -0.3 is 29.8 Å². The van der Waals surface area contributed by atoms with Crippen LogP contribution in [0.1, 0.15) is 85.0 Å². The van der Waals surface area contributed by atoms with Crippen molar-refractivity contribution in [3.05, 3.63) is 0 Å². The van der Waals surface area contributed by atoms with Crippen LogP contribution in [-0.4, -0.2) is 54.8 Å². The first-order chi connectivity index (χ1) is 13.0. The van der Waals surface area contributed by atoms with E-state index < -0.39 is 24.3 Å². The van der Waals surface area contributed by atoms with Crippen LogP contribution in [0, 0.1) is 0 Å². The number of rotatable bonds is 14. The minimum atomic E-state index is -0.777. The number of nitrogens with two attached hydrogens (primary N) is 1. The summed E-state index contributed by atoms with van der Waals surface area (Å²) in [7, 11) is 0. The largest absolute Gasteiger partial charge is 0.389 e. The van der Waals surface area contributed by atoms with Crippen molar-refractivity contribution < 1.29 is 24.1 Å². The lowest BCUT2D eigenvalue weighted by molar-refractivity contribution is -0.242. The van der Waals surface area contributed by atoms with E-state index in [-0.39, 0.29) is 18.8 Å². The molecule has 2 saturated heterocycles. The topological polar surface area (TPSA) is 83.2 Å². The summed E-state index contributed by atoms with van der Waals surface area (Å²) < 4.78 is 23.6. The summed E-state index contributed by atoms with van der Waals surface area (Å²) in [4.78, 5) is 0. The molecule has 6 nitrogen and oxygen atoms in total. The van der Waals surface area contributed by atoms with Gasteiger partial charge in [-0.3, -0.25) is 0 Å². The SMILES string of the molecule is CCCCCCCCCCCCO[C@H]1O[C@H]([C@H](O)CN)[C@@H]2OC(C)(C)O[C@H]12. The van der Waals surface area contributed by atoms with Gasteiger partial charge in [0.25, 0.3) is 0 Å². The highest BCUT2D eigenvalue weighted by Gasteiger charge is 2.57. The molecule has 0 unspecified atom stereocenters. The molecule has 5 atom stereocenters. The van der Waals surface area contributed by atoms with E-state index in [9.17, 15) is 5.11 Å². The van der Waals surface area contributed by atoms with Gasteiger partial charge in [-0.1, -0.05) is 64.7 Å². The zero-order valence-corrected chi connectivity index (χ0v) is 17.5. The van der Waals surface area contributed by atoms with Gasteiger partial charge in [0.15, 0.2) is 12.1 Å². The molecule has 160 valence electrons. The van der Waals surface area contributed by atoms with E-state index in [1.165, 1.54) is 57.8 Å². The fourth-order valence-electron chi connectivity index (χ4n) is 3.96. The number of hydrogen-bond acceptors (Lipinski definition) is 6. The van der Waals surface area contributed by atoms with Crippen LogP contribution in [0.2, 0.25) is 0 Å². The molecule has 0 aliphatic carbocycles. The molecule has 2 heterocycles. The predicted octanol–water partition coefficient (Wildman–Crippen LogP) is 3.49. The lowest BCUT2D eigenvalue weighted by Crippen LogP contribution is -2.42. The average molecular weight is 388 g/mol. The standard InChI is InChI=1S/C21H41NO5/c1-4-5-6-7-8-9-10-11-12-13-14-24-20-19-18(26-21(2,3)27-19)17(25-20)16(23)15-22/h16-20,23H,4-15,22H2,1-3H3/t16-,17-,18+,19+,20+/m1/s1. The monoisotopic (exact) mass is 387 g/mol. The van der Waals surface area contributed by atoms with E-state index >= 15 is 0 Å². The zero-order chi connectivity index (χ0) is 19.7. The van der Waals surface area contributed by atoms with Gasteiger partial charge in [-0.05, 0) is 20.3 Å². The Hall–Kier alpha value is -0.240. The maximum atomic E-state index is 10.1. The minimum Gasteiger partial charge on any atom is -0.389 e. The number of hydrogen-bond donors (Lipinski definition) is 2. The van der Waals surface area contributed by atoms with E-state index in [0.717, 1.165) is 6.42 Å². The molecule has 0 bridgehead atoms. The highest BCUT2D eigenvalue weighted by atomic mass is 16.8. The third-order valence-electron chi connectivity index (χ3n) is 5.45. The average Bonchev–Trinajstić information content (AvgIpc) is 3.12. The third-order valence-corrected chi connectivity index (χ3v) is 5.45. The van der Waals surface area contributed by atoms with E-state index in [1.54, 1.807) is 0 Å². The molecule has 2 aliphatic heterocycles. The molecule has 3 N–H and O–H groups in total. The summed E-state index contributed by atoms with van der Waals surface area (Å²) >= 11 is 0. The van der Waals surface area contributed by atoms with Crippen molar-refractivity contribution in [1.29, 1.82) is 0 Å². The first kappa shape index (κ1) is 23.0. The minimum absolute atomic E-state index is 0.128. The quantitative estimate of drug-likeness (QED) is 0.444. The van der Waals surface area contributed by atoms with Crippen molar-refractivity contribution in [2.75, 3.05) is 13.2 Å². The maximum Gasteiger partial charge on any atom is 0.187 e. The Morgan fingerprint density at radius 2 is 1.48 bits per heavy atom. The number of fused-ring (bicyclic) bond motifs is 1. The van der Waals surface area contributed by atoms with E-state index in [1.807, 2.05) is 13.8 Å². The van der Waals surface area contributed by atoms with Crippen LogP contribution in [0.5, 0.6) is 0 Å². The lowest BCUT2D eigenvalue weighted by Gasteiger charge is -2.26. The molecule has 0 aromatic heterocycles. The van der Waals surface area contributed by atoms with Gasteiger partial charge in [0.1, 0.15) is 18.3 Å². The van der Waals surface area contributed by atoms with Crippen LogP contribution in [0.4, 0.5) is 0 Å². The molecule has 0 radical (unpaired) electrons. The predicted molar refractivity (Wildman–Crippen MR) is 105 cm³/mol. The summed E-state index contributed by atoms with van der Waals surface area (Å²) in [5, 5.41) is 10.1. The van der Waals surface area contributed by atoms with Crippen LogP contribution >= 0.6 is 0 Å². The summed E-state index contributed by atoms with van der Waals surface area (Å²) in [6.07, 6.45) is 10.5. The third kappa shape index (κ3) is 7.26. The molecule has 2 fully saturated rings. The van der Waals surface area contributed by atoms with Crippen molar-refractivity contribution in [1.82, 2.24) is 0 Å². The Bertz CT molecular complexity index is 406. The number of ether oxygens (including phenoxy) is 4. The molecular formula is C21H41NO5. The fraction of sp³-hybridized carbons (Fsp3) is 1.00. The van der Waals surface area contributed by atoms with Gasteiger partial charge in [-0.25, -0.2) is 0 Å². The molecule has 0 saturated carbocycles. The van der Waals surface area contributed by atoms with Crippen molar-refractivity contribution in [3.8, 4) is 0 Å². The molecule has 0 amide bonds. The maximum absolute atomic E-state index is 10.1. The molecule has 6 heteroatoms. The first-order valence-electron chi connectivity index (χ1n) is 11.0. The molecule has 2 aliphatic rings. The first-order valence-corrected chi connectivity index (χ1v) is 11.0. The van der Waals surface area contributed by atoms with Gasteiger partial charge in [-0.2, -0.15) is 0 Å². The molecule has 27 heavy (non-hydrogen) atoms. The van der Waals surface area contributed by atoms with Gasteiger partial charge in [-0.15, -0.1) is 0 Å². The van der Waals surface area contributed by atoms with E-state index in [0.29, 0.717) is 6.61 Å². The second-order valence-corrected chi connectivity index (χ2v) is 8.39. The Kier molecular flexibility index (Phi) is 9.97. The van der Waals surface area contributed by atoms with Crippen LogP contribution in [0.3, 0.4) is 0 Å². The molecular weight excluding hydrogens is 346 g/mol. The second kappa shape index (κ2) is 11.7. The fourth-order valence-corrected chi connectivity index (χ4v) is 3.96. The highest BCUT2D eigenvalue weighted by molar-refractivity contribution is 4.98. The van der Waals surface area contributed by atoms with Gasteiger partial charge in [0.05, 0.1) is 6.10 Å². The second-order valence-electron chi connectivity index (χ2n) is 8.39. The molecule has 0 aromatic rings. The highest BCUT2D eigenvalue weighted by Crippen LogP contribution is 2.40. The van der Waals surface area contributed by atoms with Crippen molar-refractivity contribution in [3.63, 3.8) is 0 Å². The van der Waals surface area contributed by atoms with E-state index in [2.05, 4.69) is 6.92 Å². The smallest absolute Gasteiger partial charge is 0.187 e. The van der Waals surface area contributed by atoms with Crippen molar-refractivity contribution >= 4 is 0 Å². The van der Waals surface area contributed by atoms with Crippen LogP contribution in [0.25, 0.3) is 0 Å². The van der Waals surface area contributed by atoms with Crippen molar-refractivity contribution in [2.45, 2.75) is 121 Å². The molecule has 0 aromatic carbocycles. The Balaban J connectivity index is 1.59. The Morgan fingerprint density at radius 3 is 2.07 bits per heavy atom. The summed E-state index contributed by atoms with van der Waals surface area (Å²) in [5.74, 6) is -0.690. The zero-order valence-electron chi connectivity index (χ0n) is 17.5. The van der Waals surface area contributed by atoms with Gasteiger partial charge in [0.2, 0.25) is 0 Å². The van der Waals surface area contributed by atoms with Crippen molar-refractivity contribution in [2.24, 2.45) is 5.73 Å². The normalized spacial score (nSPS) is 30.6. The molecule has 0 spiro atoms. The Morgan fingerprint density at radius 1 is 0.926 bits per heavy atom. The summed E-state index contributed by atoms with van der Waals surface area (Å²) in [5.41, 5.74) is 5.59. The summed E-state index contributed by atoms with van der Waals surface area (Å²) in [6, 6.07) is 0. The molecule has 2 rings (SSSR count). The van der Waals surface area contributed by atoms with Gasteiger partial charge in [0, 0.05) is 13.2 Å². The number of aliphatic hydroxyl groups is 1. The Labute approximate surface area is 165 Å². The van der Waals surface area contributed by atoms with Gasteiger partial charge >= 0.3 is 0 Å². The van der Waals surface area contributed by atoms with Crippen LogP contribution in [-0.2, 0) is 18.9 Å². The van der Waals surface area contributed by atoms with Crippen LogP contribution in [0.15, 0.2) is 0 Å². The summed E-state index contributed by atoms with van der Waals surface area (Å²) in [6.45, 7) is 6.77. The van der Waals surface area contributed by atoms with Crippen LogP contribution < -0.4 is 5.73 Å². The van der Waals surface area contributed by atoms with E-state index in [4.69, 9.17) is 24.7 Å². The number of aliphatic hydroxyl groups excluding tert-OH is 1. The number of unbranched alkanes of at least 4 members (excludes halogenated alkanes) is 9. The lowest BCUT2D eigenvalue weighted by atomic mass is 10.1.